The molecule has 38 heavy (non-hydrogen) atoms. The number of phenolic OH excluding ortho intramolecular Hbond substituents is 1. The number of benzene rings is 1. The number of aromatic hydroxyl groups is 1. The number of thioether (sulfide) groups is 1. The number of hydrogen-bond donors (Lipinski definition) is 8. The molecule has 4 atom stereocenters. The second kappa shape index (κ2) is 16.1. The van der Waals surface area contributed by atoms with Gasteiger partial charge in [-0.3, -0.25) is 24.0 Å². The number of carbonyl (C=O) groups is 6. The molecule has 0 aliphatic rings. The van der Waals surface area contributed by atoms with Crippen LogP contribution < -0.4 is 27.4 Å². The van der Waals surface area contributed by atoms with Crippen molar-refractivity contribution in [2.45, 2.75) is 56.3 Å². The summed E-state index contributed by atoms with van der Waals surface area (Å²) < 4.78 is 0. The number of hydrogen-bond acceptors (Lipinski definition) is 9. The van der Waals surface area contributed by atoms with E-state index in [4.69, 9.17) is 16.6 Å². The Balaban J connectivity index is 3.17. The largest absolute Gasteiger partial charge is 0.508 e. The van der Waals surface area contributed by atoms with Gasteiger partial charge in [0.15, 0.2) is 0 Å². The fourth-order valence-corrected chi connectivity index (χ4v) is 3.70. The molecule has 0 spiro atoms. The van der Waals surface area contributed by atoms with E-state index in [2.05, 4.69) is 16.0 Å². The van der Waals surface area contributed by atoms with Gasteiger partial charge in [-0.1, -0.05) is 12.1 Å². The summed E-state index contributed by atoms with van der Waals surface area (Å²) in [4.78, 5) is 72.4. The summed E-state index contributed by atoms with van der Waals surface area (Å²) in [6.45, 7) is 0. The third-order valence-corrected chi connectivity index (χ3v) is 5.93. The Hall–Kier alpha value is -3.85. The second-order valence-corrected chi connectivity index (χ2v) is 9.37. The Labute approximate surface area is 222 Å². The van der Waals surface area contributed by atoms with Gasteiger partial charge < -0.3 is 42.7 Å². The lowest BCUT2D eigenvalue weighted by Crippen LogP contribution is -2.58. The van der Waals surface area contributed by atoms with Crippen molar-refractivity contribution in [3.05, 3.63) is 29.8 Å². The van der Waals surface area contributed by atoms with Gasteiger partial charge in [0.25, 0.3) is 0 Å². The summed E-state index contributed by atoms with van der Waals surface area (Å²) in [6.07, 6.45) is 0.591. The molecule has 10 N–H and O–H groups in total. The number of aliphatic carboxylic acids is 2. The van der Waals surface area contributed by atoms with Gasteiger partial charge in [-0.15, -0.1) is 0 Å². The minimum Gasteiger partial charge on any atom is -0.508 e. The quantitative estimate of drug-likeness (QED) is 0.107. The molecule has 0 radical (unpaired) electrons. The number of rotatable bonds is 17. The van der Waals surface area contributed by atoms with Crippen LogP contribution in [-0.4, -0.2) is 87.1 Å². The SMILES string of the molecule is CSCCC(N)C(=O)NC(CCC(N)=O)C(=O)NC(Cc1ccc(O)cc1)C(=O)NC(CC(=O)O)C(=O)O. The van der Waals surface area contributed by atoms with Crippen molar-refractivity contribution in [1.82, 2.24) is 16.0 Å². The van der Waals surface area contributed by atoms with E-state index in [1.54, 1.807) is 0 Å². The summed E-state index contributed by atoms with van der Waals surface area (Å²) in [7, 11) is 0. The number of carboxylic acid groups (broad SMARTS) is 2. The van der Waals surface area contributed by atoms with Crippen LogP contribution in [0.4, 0.5) is 0 Å². The normalized spacial score (nSPS) is 13.8. The lowest BCUT2D eigenvalue weighted by molar-refractivity contribution is -0.147. The molecule has 1 aromatic rings. The van der Waals surface area contributed by atoms with Gasteiger partial charge in [-0.05, 0) is 42.5 Å². The zero-order valence-electron chi connectivity index (χ0n) is 20.7. The minimum atomic E-state index is -1.78. The highest BCUT2D eigenvalue weighted by Gasteiger charge is 2.31. The first-order valence-electron chi connectivity index (χ1n) is 11.5. The van der Waals surface area contributed by atoms with E-state index < -0.39 is 66.2 Å². The molecule has 0 saturated carbocycles. The van der Waals surface area contributed by atoms with Crippen LogP contribution in [0.5, 0.6) is 5.75 Å². The van der Waals surface area contributed by atoms with E-state index in [0.29, 0.717) is 17.7 Å². The number of carbonyl (C=O) groups excluding carboxylic acids is 4. The third kappa shape index (κ3) is 11.9. The molecule has 4 amide bonds. The van der Waals surface area contributed by atoms with Crippen molar-refractivity contribution in [2.24, 2.45) is 11.5 Å². The number of nitrogens with two attached hydrogens (primary N) is 2. The highest BCUT2D eigenvalue weighted by molar-refractivity contribution is 7.98. The maximum Gasteiger partial charge on any atom is 0.326 e. The molecule has 0 bridgehead atoms. The van der Waals surface area contributed by atoms with Crippen LogP contribution in [0.2, 0.25) is 0 Å². The van der Waals surface area contributed by atoms with Crippen LogP contribution in [0.3, 0.4) is 0 Å². The van der Waals surface area contributed by atoms with Crippen molar-refractivity contribution in [3.63, 3.8) is 0 Å². The van der Waals surface area contributed by atoms with Gasteiger partial charge in [-0.25, -0.2) is 4.79 Å². The van der Waals surface area contributed by atoms with Crippen LogP contribution in [0.15, 0.2) is 24.3 Å². The molecule has 0 aliphatic carbocycles. The van der Waals surface area contributed by atoms with E-state index in [-0.39, 0.29) is 25.0 Å². The van der Waals surface area contributed by atoms with Crippen molar-refractivity contribution < 1.29 is 44.1 Å². The van der Waals surface area contributed by atoms with Crippen molar-refractivity contribution >= 4 is 47.3 Å². The Morgan fingerprint density at radius 3 is 1.95 bits per heavy atom. The maximum absolute atomic E-state index is 13.1. The fraction of sp³-hybridized carbons (Fsp3) is 0.478. The fourth-order valence-electron chi connectivity index (χ4n) is 3.21. The van der Waals surface area contributed by atoms with Crippen LogP contribution in [0.25, 0.3) is 0 Å². The first kappa shape index (κ1) is 32.2. The van der Waals surface area contributed by atoms with Gasteiger partial charge in [-0.2, -0.15) is 11.8 Å². The smallest absolute Gasteiger partial charge is 0.326 e. The first-order valence-corrected chi connectivity index (χ1v) is 12.9. The van der Waals surface area contributed by atoms with Gasteiger partial charge in [0.05, 0.1) is 12.5 Å². The molecule has 0 aromatic heterocycles. The Morgan fingerprint density at radius 1 is 0.868 bits per heavy atom. The van der Waals surface area contributed by atoms with Crippen molar-refractivity contribution in [3.8, 4) is 5.75 Å². The Kier molecular flexibility index (Phi) is 13.6. The molecule has 1 aromatic carbocycles. The van der Waals surface area contributed by atoms with Gasteiger partial charge in [0.1, 0.15) is 23.9 Å². The van der Waals surface area contributed by atoms with Gasteiger partial charge in [0, 0.05) is 12.8 Å². The predicted octanol–water partition coefficient (Wildman–Crippen LogP) is -1.71. The summed E-state index contributed by atoms with van der Waals surface area (Å²) in [6, 6.07) is 0.162. The highest BCUT2D eigenvalue weighted by atomic mass is 32.2. The predicted molar refractivity (Wildman–Crippen MR) is 137 cm³/mol. The second-order valence-electron chi connectivity index (χ2n) is 8.38. The number of amides is 4. The average Bonchev–Trinajstić information content (AvgIpc) is 2.84. The van der Waals surface area contributed by atoms with E-state index in [1.165, 1.54) is 36.0 Å². The van der Waals surface area contributed by atoms with Crippen molar-refractivity contribution in [1.29, 1.82) is 0 Å². The number of carboxylic acids is 2. The summed E-state index contributed by atoms with van der Waals surface area (Å²) in [5.41, 5.74) is 11.5. The molecule has 1 rings (SSSR count). The zero-order valence-corrected chi connectivity index (χ0v) is 21.5. The topological polar surface area (TPSA) is 251 Å². The Bertz CT molecular complexity index is 1010. The lowest BCUT2D eigenvalue weighted by Gasteiger charge is -2.25. The van der Waals surface area contributed by atoms with E-state index in [0.717, 1.165) is 0 Å². The summed E-state index contributed by atoms with van der Waals surface area (Å²) in [5.74, 6) is -5.81. The molecule has 15 heteroatoms. The molecule has 0 aliphatic heterocycles. The molecule has 14 nitrogen and oxygen atoms in total. The van der Waals surface area contributed by atoms with Crippen LogP contribution in [0.1, 0.15) is 31.2 Å². The zero-order chi connectivity index (χ0) is 28.8. The minimum absolute atomic E-state index is 0.0572. The molecule has 0 saturated heterocycles. The van der Waals surface area contributed by atoms with Crippen LogP contribution in [-0.2, 0) is 35.2 Å². The number of nitrogens with one attached hydrogen (secondary N) is 3. The van der Waals surface area contributed by atoms with Crippen LogP contribution in [0, 0.1) is 0 Å². The molecule has 0 fully saturated rings. The molecule has 0 heterocycles. The first-order chi connectivity index (χ1) is 17.8. The summed E-state index contributed by atoms with van der Waals surface area (Å²) in [5, 5.41) is 34.7. The molecule has 4 unspecified atom stereocenters. The third-order valence-electron chi connectivity index (χ3n) is 5.28. The standard InChI is InChI=1S/C23H33N5O9S/c1-38-9-8-14(24)20(33)26-15(6-7-18(25)30)21(34)27-16(10-12-2-4-13(29)5-3-12)22(35)28-17(23(36)37)11-19(31)32/h2-5,14-17,29H,6-11,24H2,1H3,(H2,25,30)(H,26,33)(H,27,34)(H,28,35)(H,31,32)(H,36,37). The van der Waals surface area contributed by atoms with E-state index in [9.17, 15) is 39.0 Å². The summed E-state index contributed by atoms with van der Waals surface area (Å²) >= 11 is 1.47. The number of primary amides is 1. The monoisotopic (exact) mass is 555 g/mol. The molecule has 210 valence electrons. The highest BCUT2D eigenvalue weighted by Crippen LogP contribution is 2.12. The van der Waals surface area contributed by atoms with E-state index >= 15 is 0 Å². The van der Waals surface area contributed by atoms with Crippen molar-refractivity contribution in [2.75, 3.05) is 12.0 Å². The average molecular weight is 556 g/mol. The molecular formula is C23H33N5O9S. The van der Waals surface area contributed by atoms with Gasteiger partial charge >= 0.3 is 11.9 Å². The lowest BCUT2D eigenvalue weighted by atomic mass is 10.0. The maximum atomic E-state index is 13.1. The van der Waals surface area contributed by atoms with E-state index in [1.807, 2.05) is 6.26 Å². The molecular weight excluding hydrogens is 522 g/mol. The number of phenols is 1. The van der Waals surface area contributed by atoms with Crippen LogP contribution >= 0.6 is 11.8 Å². The Morgan fingerprint density at radius 2 is 1.42 bits per heavy atom. The van der Waals surface area contributed by atoms with Gasteiger partial charge in [0.2, 0.25) is 23.6 Å².